The molecule has 0 saturated heterocycles. The Balaban J connectivity index is 0. The van der Waals surface area contributed by atoms with Crippen molar-refractivity contribution in [2.45, 2.75) is 0 Å². The maximum Gasteiger partial charge on any atom is 1.00 e. The summed E-state index contributed by atoms with van der Waals surface area (Å²) in [6.07, 6.45) is 0. The first-order chi connectivity index (χ1) is 0. The van der Waals surface area contributed by atoms with E-state index in [9.17, 15) is 0 Å². The van der Waals surface area contributed by atoms with E-state index in [1.54, 1.807) is 0 Å². The fourth-order valence-electron chi connectivity index (χ4n) is 0. The Morgan fingerprint density at radius 2 is 0.750 bits per heavy atom. The van der Waals surface area contributed by atoms with Crippen LogP contribution in [0.3, 0.4) is 0 Å². The van der Waals surface area contributed by atoms with Gasteiger partial charge in [-0.2, -0.15) is 0 Å². The fourth-order valence-corrected chi connectivity index (χ4v) is 0. The van der Waals surface area contributed by atoms with Gasteiger partial charge in [-0.15, -0.1) is 0 Å². The van der Waals surface area contributed by atoms with Gasteiger partial charge in [-0.1, -0.05) is 0 Å². The van der Waals surface area contributed by atoms with Crippen LogP contribution >= 0.6 is 0 Å². The number of hydrogen-bond acceptors (Lipinski definition) is 0. The summed E-state index contributed by atoms with van der Waals surface area (Å²) in [4.78, 5) is 0. The molecule has 0 fully saturated rings. The van der Waals surface area contributed by atoms with Gasteiger partial charge >= 0.3 is 88.7 Å². The second-order valence-electron chi connectivity index (χ2n) is 0. The molecule has 0 aliphatic carbocycles. The van der Waals surface area contributed by atoms with Gasteiger partial charge in [0, 0.05) is 24.4 Å². The first-order valence-corrected chi connectivity index (χ1v) is 0. The SMILES string of the molecule is [H-].[H-].[H-].[Na+].[Na+].[Na+].[Sb]. The van der Waals surface area contributed by atoms with Gasteiger partial charge in [0.2, 0.25) is 0 Å². The second kappa shape index (κ2) is 15.8. The summed E-state index contributed by atoms with van der Waals surface area (Å²) in [6, 6.07) is 0. The Bertz CT molecular complexity index is 10.1. The van der Waals surface area contributed by atoms with Crippen molar-refractivity contribution in [3.63, 3.8) is 0 Å². The Kier molecular flexibility index (Phi) is 98.7. The zero-order valence-electron chi connectivity index (χ0n) is 6.45. The van der Waals surface area contributed by atoms with Crippen LogP contribution in [0.15, 0.2) is 0 Å². The van der Waals surface area contributed by atoms with E-state index in [1.807, 2.05) is 0 Å². The van der Waals surface area contributed by atoms with E-state index < -0.39 is 0 Å². The monoisotopic (exact) mass is 193 g/mol. The van der Waals surface area contributed by atoms with Crippen LogP contribution < -0.4 is 88.7 Å². The third-order valence-corrected chi connectivity index (χ3v) is 0. The molecule has 0 atom stereocenters. The van der Waals surface area contributed by atoms with Crippen molar-refractivity contribution in [2.24, 2.45) is 0 Å². The van der Waals surface area contributed by atoms with Crippen molar-refractivity contribution >= 4 is 24.4 Å². The third-order valence-electron chi connectivity index (χ3n) is 0. The smallest absolute Gasteiger partial charge is 1.00 e. The molecule has 3 radical (unpaired) electrons. The standard InChI is InChI=1S/3Na.Sb.3H/q3*+1;;3*-1. The minimum atomic E-state index is 0. The molecule has 4 heteroatoms. The Morgan fingerprint density at radius 3 is 0.750 bits per heavy atom. The molecule has 0 bridgehead atoms. The van der Waals surface area contributed by atoms with Crippen LogP contribution in [-0.2, 0) is 0 Å². The van der Waals surface area contributed by atoms with Crippen molar-refractivity contribution in [3.8, 4) is 0 Å². The van der Waals surface area contributed by atoms with E-state index in [4.69, 9.17) is 0 Å². The van der Waals surface area contributed by atoms with E-state index >= 15 is 0 Å². The first-order valence-electron chi connectivity index (χ1n) is 0. The van der Waals surface area contributed by atoms with Crippen LogP contribution in [0.4, 0.5) is 0 Å². The van der Waals surface area contributed by atoms with Crippen molar-refractivity contribution < 1.29 is 93.0 Å². The zero-order chi connectivity index (χ0) is 0. The average Bonchev–Trinajstić information content (AvgIpc) is 0. The van der Waals surface area contributed by atoms with Gasteiger partial charge in [0.1, 0.15) is 0 Å². The van der Waals surface area contributed by atoms with E-state index in [0.29, 0.717) is 0 Å². The summed E-state index contributed by atoms with van der Waals surface area (Å²) < 4.78 is 0. The Labute approximate surface area is 115 Å². The van der Waals surface area contributed by atoms with Crippen LogP contribution in [-0.4, -0.2) is 24.4 Å². The Morgan fingerprint density at radius 1 is 0.750 bits per heavy atom. The largest absolute Gasteiger partial charge is 1.00 e. The fraction of sp³-hybridized carbons (Fsp3) is 0. The minimum Gasteiger partial charge on any atom is -1.00 e. The molecule has 0 rings (SSSR count). The van der Waals surface area contributed by atoms with Crippen molar-refractivity contribution in [1.82, 2.24) is 0 Å². The number of rotatable bonds is 0. The molecule has 0 aliphatic heterocycles. The van der Waals surface area contributed by atoms with Crippen molar-refractivity contribution in [3.05, 3.63) is 0 Å². The summed E-state index contributed by atoms with van der Waals surface area (Å²) in [5.41, 5.74) is 0. The van der Waals surface area contributed by atoms with Crippen molar-refractivity contribution in [2.75, 3.05) is 0 Å². The van der Waals surface area contributed by atoms with Gasteiger partial charge in [-0.3, -0.25) is 0 Å². The van der Waals surface area contributed by atoms with E-state index in [1.165, 1.54) is 0 Å². The van der Waals surface area contributed by atoms with E-state index in [0.717, 1.165) is 0 Å². The summed E-state index contributed by atoms with van der Waals surface area (Å²) >= 11 is 0. The zero-order valence-corrected chi connectivity index (χ0v) is 12.0. The summed E-state index contributed by atoms with van der Waals surface area (Å²) in [6.45, 7) is 0. The maximum atomic E-state index is 0. The van der Waals surface area contributed by atoms with Gasteiger partial charge in [0.05, 0.1) is 0 Å². The average molecular weight is 194 g/mol. The van der Waals surface area contributed by atoms with Crippen LogP contribution in [0, 0.1) is 0 Å². The van der Waals surface area contributed by atoms with E-state index in [-0.39, 0.29) is 117 Å². The molecule has 0 aromatic rings. The summed E-state index contributed by atoms with van der Waals surface area (Å²) in [7, 11) is 0. The van der Waals surface area contributed by atoms with Crippen molar-refractivity contribution in [1.29, 1.82) is 0 Å². The molecular formula is H3Na3Sb. The molecule has 11 valence electrons. The molecule has 4 heavy (non-hydrogen) atoms. The maximum absolute atomic E-state index is 0. The van der Waals surface area contributed by atoms with Gasteiger partial charge in [0.25, 0.3) is 0 Å². The minimum absolute atomic E-state index is 0. The molecule has 0 heterocycles. The van der Waals surface area contributed by atoms with Gasteiger partial charge in [-0.25, -0.2) is 0 Å². The predicted octanol–water partition coefficient (Wildman–Crippen LogP) is -9.03. The summed E-state index contributed by atoms with van der Waals surface area (Å²) in [5, 5.41) is 0. The predicted molar refractivity (Wildman–Crippen MR) is 9.09 cm³/mol. The molecule has 0 unspecified atom stereocenters. The third kappa shape index (κ3) is 9.26. The van der Waals surface area contributed by atoms with E-state index in [2.05, 4.69) is 0 Å². The van der Waals surface area contributed by atoms with Gasteiger partial charge in [-0.05, 0) is 0 Å². The molecule has 0 saturated carbocycles. The molecule has 0 spiro atoms. The second-order valence-corrected chi connectivity index (χ2v) is 0. The molecule has 0 aromatic heterocycles. The topological polar surface area (TPSA) is 0 Å². The first kappa shape index (κ1) is 24.9. The molecular weight excluding hydrogens is 191 g/mol. The van der Waals surface area contributed by atoms with Gasteiger partial charge in [0.15, 0.2) is 0 Å². The summed E-state index contributed by atoms with van der Waals surface area (Å²) in [5.74, 6) is 0. The quantitative estimate of drug-likeness (QED) is 0.336. The normalized spacial score (nSPS) is 0. The molecule has 0 aliphatic rings. The van der Waals surface area contributed by atoms with Crippen LogP contribution in [0.2, 0.25) is 0 Å². The molecule has 0 nitrogen and oxygen atoms in total. The molecule has 0 aromatic carbocycles. The Hall–Kier alpha value is 3.82. The molecule has 0 amide bonds. The van der Waals surface area contributed by atoms with Gasteiger partial charge < -0.3 is 4.28 Å². The number of hydrogen-bond donors (Lipinski definition) is 0. The van der Waals surface area contributed by atoms with Crippen LogP contribution in [0.1, 0.15) is 4.28 Å². The van der Waals surface area contributed by atoms with Crippen LogP contribution in [0.25, 0.3) is 0 Å². The molecule has 0 N–H and O–H groups in total. The van der Waals surface area contributed by atoms with Crippen LogP contribution in [0.5, 0.6) is 0 Å².